The fraction of sp³-hybridized carbons (Fsp3) is 0.933. The largest absolute Gasteiger partial charge is 0.377 e. The molecule has 0 N–H and O–H groups in total. The van der Waals surface area contributed by atoms with Gasteiger partial charge in [0, 0.05) is 19.5 Å². The van der Waals surface area contributed by atoms with Crippen molar-refractivity contribution in [2.24, 2.45) is 5.92 Å². The molecule has 2 rings (SSSR count). The Morgan fingerprint density at radius 2 is 2.05 bits per heavy atom. The molecule has 4 heteroatoms. The van der Waals surface area contributed by atoms with E-state index < -0.39 is 0 Å². The monoisotopic (exact) mass is 268 g/mol. The van der Waals surface area contributed by atoms with Gasteiger partial charge < -0.3 is 14.5 Å². The van der Waals surface area contributed by atoms with Crippen molar-refractivity contribution in [1.82, 2.24) is 9.80 Å². The van der Waals surface area contributed by atoms with Crippen LogP contribution in [0, 0.1) is 5.92 Å². The fourth-order valence-corrected chi connectivity index (χ4v) is 3.33. The summed E-state index contributed by atoms with van der Waals surface area (Å²) in [5.41, 5.74) is 0. The lowest BCUT2D eigenvalue weighted by molar-refractivity contribution is -0.140. The molecular weight excluding hydrogens is 240 g/mol. The van der Waals surface area contributed by atoms with Crippen LogP contribution in [0.5, 0.6) is 0 Å². The lowest BCUT2D eigenvalue weighted by atomic mass is 10.0. The molecule has 1 aliphatic carbocycles. The molecule has 1 atom stereocenters. The van der Waals surface area contributed by atoms with Gasteiger partial charge in [0.2, 0.25) is 5.91 Å². The average molecular weight is 268 g/mol. The number of rotatable bonds is 5. The maximum Gasteiger partial charge on any atom is 0.223 e. The van der Waals surface area contributed by atoms with Crippen LogP contribution < -0.4 is 0 Å². The molecule has 110 valence electrons. The number of nitrogens with zero attached hydrogens (tertiary/aromatic N) is 2. The van der Waals surface area contributed by atoms with Gasteiger partial charge in [0.1, 0.15) is 0 Å². The van der Waals surface area contributed by atoms with E-state index in [0.29, 0.717) is 19.1 Å². The van der Waals surface area contributed by atoms with E-state index in [1.165, 1.54) is 25.7 Å². The lowest BCUT2D eigenvalue weighted by Crippen LogP contribution is -2.52. The molecule has 0 aromatic rings. The van der Waals surface area contributed by atoms with E-state index in [-0.39, 0.29) is 6.04 Å². The van der Waals surface area contributed by atoms with Crippen molar-refractivity contribution in [1.29, 1.82) is 0 Å². The van der Waals surface area contributed by atoms with E-state index in [0.717, 1.165) is 31.8 Å². The smallest absolute Gasteiger partial charge is 0.223 e. The summed E-state index contributed by atoms with van der Waals surface area (Å²) in [7, 11) is 4.10. The summed E-state index contributed by atoms with van der Waals surface area (Å²) >= 11 is 0. The van der Waals surface area contributed by atoms with Gasteiger partial charge >= 0.3 is 0 Å². The Kier molecular flexibility index (Phi) is 5.64. The Balaban J connectivity index is 1.80. The quantitative estimate of drug-likeness (QED) is 0.761. The summed E-state index contributed by atoms with van der Waals surface area (Å²) in [5.74, 6) is 1.14. The minimum atomic E-state index is 0.236. The van der Waals surface area contributed by atoms with Crippen LogP contribution >= 0.6 is 0 Å². The molecule has 19 heavy (non-hydrogen) atoms. The van der Waals surface area contributed by atoms with Gasteiger partial charge in [-0.15, -0.1) is 0 Å². The number of carbonyl (C=O) groups is 1. The standard InChI is InChI=1S/C15H28N2O2/c1-16(2)11-14-12-19-10-9-17(14)15(18)8-7-13-5-3-4-6-13/h13-14H,3-12H2,1-2H3/t14-/m0/s1. The van der Waals surface area contributed by atoms with E-state index >= 15 is 0 Å². The van der Waals surface area contributed by atoms with Gasteiger partial charge in [-0.2, -0.15) is 0 Å². The predicted molar refractivity (Wildman–Crippen MR) is 76.1 cm³/mol. The zero-order chi connectivity index (χ0) is 13.7. The maximum absolute atomic E-state index is 12.4. The Morgan fingerprint density at radius 1 is 1.32 bits per heavy atom. The van der Waals surface area contributed by atoms with Crippen LogP contribution in [0.2, 0.25) is 0 Å². The van der Waals surface area contributed by atoms with E-state index in [4.69, 9.17) is 4.74 Å². The van der Waals surface area contributed by atoms with E-state index in [9.17, 15) is 4.79 Å². The Labute approximate surface area is 117 Å². The number of hydrogen-bond donors (Lipinski definition) is 0. The zero-order valence-electron chi connectivity index (χ0n) is 12.4. The molecule has 2 fully saturated rings. The van der Waals surface area contributed by atoms with E-state index in [1.807, 2.05) is 0 Å². The van der Waals surface area contributed by atoms with Crippen molar-refractivity contribution in [2.75, 3.05) is 40.4 Å². The number of carbonyl (C=O) groups excluding carboxylic acids is 1. The molecule has 1 saturated carbocycles. The Hall–Kier alpha value is -0.610. The van der Waals surface area contributed by atoms with Gasteiger partial charge in [0.15, 0.2) is 0 Å². The molecule has 1 aliphatic heterocycles. The highest BCUT2D eigenvalue weighted by atomic mass is 16.5. The number of amides is 1. The molecule has 0 unspecified atom stereocenters. The Morgan fingerprint density at radius 3 is 2.74 bits per heavy atom. The number of morpholine rings is 1. The molecule has 1 saturated heterocycles. The number of ether oxygens (including phenoxy) is 1. The van der Waals surface area contributed by atoms with Gasteiger partial charge in [0.05, 0.1) is 19.3 Å². The summed E-state index contributed by atoms with van der Waals surface area (Å²) in [6, 6.07) is 0.236. The number of likely N-dealkylation sites (N-methyl/N-ethyl adjacent to an activating group) is 1. The van der Waals surface area contributed by atoms with Crippen molar-refractivity contribution in [2.45, 2.75) is 44.6 Å². The lowest BCUT2D eigenvalue weighted by Gasteiger charge is -2.37. The van der Waals surface area contributed by atoms with Crippen molar-refractivity contribution in [3.8, 4) is 0 Å². The third-order valence-corrected chi connectivity index (χ3v) is 4.36. The summed E-state index contributed by atoms with van der Waals surface area (Å²) in [6.45, 7) is 3.05. The van der Waals surface area contributed by atoms with Crippen molar-refractivity contribution in [3.05, 3.63) is 0 Å². The van der Waals surface area contributed by atoms with Crippen LogP contribution in [0.4, 0.5) is 0 Å². The average Bonchev–Trinajstić information content (AvgIpc) is 2.89. The van der Waals surface area contributed by atoms with E-state index in [1.54, 1.807) is 0 Å². The first-order valence-electron chi connectivity index (χ1n) is 7.68. The molecule has 0 aromatic heterocycles. The second-order valence-corrected chi connectivity index (χ2v) is 6.27. The Bertz CT molecular complexity index is 288. The second-order valence-electron chi connectivity index (χ2n) is 6.27. The van der Waals surface area contributed by atoms with Crippen LogP contribution in [-0.2, 0) is 9.53 Å². The summed E-state index contributed by atoms with van der Waals surface area (Å²) in [6.07, 6.45) is 7.20. The third kappa shape index (κ3) is 4.46. The first-order chi connectivity index (χ1) is 9.16. The molecule has 4 nitrogen and oxygen atoms in total. The van der Waals surface area contributed by atoms with Crippen LogP contribution in [0.1, 0.15) is 38.5 Å². The van der Waals surface area contributed by atoms with Gasteiger partial charge in [-0.05, 0) is 26.4 Å². The van der Waals surface area contributed by atoms with Gasteiger partial charge in [0.25, 0.3) is 0 Å². The summed E-state index contributed by atoms with van der Waals surface area (Å²) in [5, 5.41) is 0. The molecule has 0 radical (unpaired) electrons. The summed E-state index contributed by atoms with van der Waals surface area (Å²) in [4.78, 5) is 16.6. The molecular formula is C15H28N2O2. The first kappa shape index (κ1) is 14.8. The van der Waals surface area contributed by atoms with Gasteiger partial charge in [-0.1, -0.05) is 25.7 Å². The predicted octanol–water partition coefficient (Wildman–Crippen LogP) is 1.75. The summed E-state index contributed by atoms with van der Waals surface area (Å²) < 4.78 is 5.52. The normalized spacial score (nSPS) is 25.2. The molecule has 0 bridgehead atoms. The SMILES string of the molecule is CN(C)C[C@H]1COCCN1C(=O)CCC1CCCC1. The van der Waals surface area contributed by atoms with Crippen molar-refractivity contribution in [3.63, 3.8) is 0 Å². The van der Waals surface area contributed by atoms with Crippen LogP contribution in [0.15, 0.2) is 0 Å². The minimum absolute atomic E-state index is 0.236. The minimum Gasteiger partial charge on any atom is -0.377 e. The molecule has 2 aliphatic rings. The van der Waals surface area contributed by atoms with Crippen molar-refractivity contribution < 1.29 is 9.53 Å². The van der Waals surface area contributed by atoms with Crippen LogP contribution in [0.25, 0.3) is 0 Å². The number of hydrogen-bond acceptors (Lipinski definition) is 3. The highest BCUT2D eigenvalue weighted by molar-refractivity contribution is 5.76. The van der Waals surface area contributed by atoms with Gasteiger partial charge in [-0.3, -0.25) is 4.79 Å². The van der Waals surface area contributed by atoms with E-state index in [2.05, 4.69) is 23.9 Å². The van der Waals surface area contributed by atoms with Gasteiger partial charge in [-0.25, -0.2) is 0 Å². The fourth-order valence-electron chi connectivity index (χ4n) is 3.33. The first-order valence-corrected chi connectivity index (χ1v) is 7.68. The zero-order valence-corrected chi connectivity index (χ0v) is 12.4. The maximum atomic E-state index is 12.4. The van der Waals surface area contributed by atoms with Crippen molar-refractivity contribution >= 4 is 5.91 Å². The van der Waals surface area contributed by atoms with Crippen LogP contribution in [-0.4, -0.2) is 62.1 Å². The van der Waals surface area contributed by atoms with Crippen LogP contribution in [0.3, 0.4) is 0 Å². The molecule has 0 aromatic carbocycles. The highest BCUT2D eigenvalue weighted by Gasteiger charge is 2.28. The third-order valence-electron chi connectivity index (χ3n) is 4.36. The molecule has 1 amide bonds. The molecule has 0 spiro atoms. The molecule has 1 heterocycles. The second kappa shape index (κ2) is 7.25. The highest BCUT2D eigenvalue weighted by Crippen LogP contribution is 2.28. The topological polar surface area (TPSA) is 32.8 Å².